The van der Waals surface area contributed by atoms with Crippen molar-refractivity contribution in [1.82, 2.24) is 5.32 Å². The highest BCUT2D eigenvalue weighted by atomic mass is 35.5. The second kappa shape index (κ2) is 5.83. The molecule has 2 aromatic rings. The summed E-state index contributed by atoms with van der Waals surface area (Å²) in [7, 11) is 0. The third-order valence-corrected chi connectivity index (χ3v) is 4.31. The molecule has 1 aromatic heterocycles. The van der Waals surface area contributed by atoms with E-state index in [4.69, 9.17) is 11.6 Å². The maximum atomic E-state index is 13.6. The minimum atomic E-state index is -0.172. The Morgan fingerprint density at radius 2 is 1.83 bits per heavy atom. The summed E-state index contributed by atoms with van der Waals surface area (Å²) in [6.45, 7) is 4.02. The van der Waals surface area contributed by atoms with Crippen LogP contribution in [0.4, 0.5) is 4.39 Å². The molecule has 0 saturated carbocycles. The molecular weight excluding hydrogens is 269 g/mol. The zero-order chi connectivity index (χ0) is 13.1. The van der Waals surface area contributed by atoms with Gasteiger partial charge < -0.3 is 5.32 Å². The molecule has 0 aliphatic carbocycles. The van der Waals surface area contributed by atoms with Crippen molar-refractivity contribution in [2.75, 3.05) is 0 Å². The predicted molar refractivity (Wildman–Crippen MR) is 75.7 cm³/mol. The van der Waals surface area contributed by atoms with Gasteiger partial charge in [0, 0.05) is 22.5 Å². The van der Waals surface area contributed by atoms with Gasteiger partial charge in [0.2, 0.25) is 0 Å². The summed E-state index contributed by atoms with van der Waals surface area (Å²) in [5.41, 5.74) is 0.687. The molecule has 4 heteroatoms. The molecule has 1 unspecified atom stereocenters. The van der Waals surface area contributed by atoms with Crippen molar-refractivity contribution in [3.63, 3.8) is 0 Å². The summed E-state index contributed by atoms with van der Waals surface area (Å²) in [6.07, 6.45) is 0. The lowest BCUT2D eigenvalue weighted by Gasteiger charge is -2.19. The van der Waals surface area contributed by atoms with Crippen molar-refractivity contribution in [3.8, 4) is 0 Å². The molecule has 1 N–H and O–H groups in total. The summed E-state index contributed by atoms with van der Waals surface area (Å²) in [6, 6.07) is 10.8. The van der Waals surface area contributed by atoms with Gasteiger partial charge in [-0.2, -0.15) is 0 Å². The first-order valence-corrected chi connectivity index (χ1v) is 7.03. The van der Waals surface area contributed by atoms with Crippen LogP contribution in [-0.2, 0) is 0 Å². The molecule has 0 aliphatic heterocycles. The molecule has 0 aliphatic rings. The average Bonchev–Trinajstić information content (AvgIpc) is 2.76. The Morgan fingerprint density at radius 1 is 1.11 bits per heavy atom. The van der Waals surface area contributed by atoms with Gasteiger partial charge in [-0.3, -0.25) is 0 Å². The fourth-order valence-corrected chi connectivity index (χ4v) is 3.01. The topological polar surface area (TPSA) is 12.0 Å². The van der Waals surface area contributed by atoms with E-state index < -0.39 is 0 Å². The molecule has 2 rings (SSSR count). The van der Waals surface area contributed by atoms with Crippen LogP contribution in [0.15, 0.2) is 36.4 Å². The van der Waals surface area contributed by atoms with Crippen LogP contribution in [0.5, 0.6) is 0 Å². The number of hydrogen-bond donors (Lipinski definition) is 1. The van der Waals surface area contributed by atoms with Crippen LogP contribution < -0.4 is 5.32 Å². The molecule has 1 heterocycles. The fourth-order valence-electron chi connectivity index (χ4n) is 1.93. The zero-order valence-electron chi connectivity index (χ0n) is 10.3. The van der Waals surface area contributed by atoms with E-state index in [9.17, 15) is 4.39 Å². The van der Waals surface area contributed by atoms with E-state index in [2.05, 4.69) is 12.2 Å². The van der Waals surface area contributed by atoms with Gasteiger partial charge in [0.1, 0.15) is 5.82 Å². The Kier molecular flexibility index (Phi) is 4.38. The van der Waals surface area contributed by atoms with Crippen LogP contribution in [0.3, 0.4) is 0 Å². The lowest BCUT2D eigenvalue weighted by atomic mass is 10.1. The summed E-state index contributed by atoms with van der Waals surface area (Å²) < 4.78 is 14.4. The monoisotopic (exact) mass is 283 g/mol. The fraction of sp³-hybridized carbons (Fsp3) is 0.286. The Hall–Kier alpha value is -0.900. The van der Waals surface area contributed by atoms with E-state index in [1.807, 2.05) is 25.1 Å². The summed E-state index contributed by atoms with van der Waals surface area (Å²) >= 11 is 7.46. The van der Waals surface area contributed by atoms with E-state index in [0.717, 1.165) is 9.21 Å². The van der Waals surface area contributed by atoms with Gasteiger partial charge in [-0.15, -0.1) is 11.3 Å². The maximum Gasteiger partial charge on any atom is 0.127 e. The molecule has 1 aromatic carbocycles. The highest BCUT2D eigenvalue weighted by Crippen LogP contribution is 2.28. The van der Waals surface area contributed by atoms with Crippen molar-refractivity contribution in [2.45, 2.75) is 25.9 Å². The van der Waals surface area contributed by atoms with Crippen LogP contribution in [0, 0.1) is 5.82 Å². The van der Waals surface area contributed by atoms with Crippen molar-refractivity contribution in [1.29, 1.82) is 0 Å². The average molecular weight is 284 g/mol. The highest BCUT2D eigenvalue weighted by molar-refractivity contribution is 7.16. The van der Waals surface area contributed by atoms with Crippen molar-refractivity contribution >= 4 is 22.9 Å². The summed E-state index contributed by atoms with van der Waals surface area (Å²) in [4.78, 5) is 1.16. The van der Waals surface area contributed by atoms with Crippen LogP contribution >= 0.6 is 22.9 Å². The highest BCUT2D eigenvalue weighted by Gasteiger charge is 2.15. The Morgan fingerprint density at radius 3 is 2.44 bits per heavy atom. The Balaban J connectivity index is 2.08. The van der Waals surface area contributed by atoms with Gasteiger partial charge in [0.15, 0.2) is 0 Å². The van der Waals surface area contributed by atoms with Crippen LogP contribution in [0.1, 0.15) is 36.4 Å². The standard InChI is InChI=1S/C14H15ClFNS/c1-9(11-5-3-4-6-12(11)16)17-10(2)13-7-8-14(15)18-13/h3-10,17H,1-2H3/t9-,10?/m1/s1. The van der Waals surface area contributed by atoms with Gasteiger partial charge in [-0.05, 0) is 32.0 Å². The molecule has 0 saturated heterocycles. The van der Waals surface area contributed by atoms with E-state index in [1.165, 1.54) is 6.07 Å². The van der Waals surface area contributed by atoms with Crippen LogP contribution in [-0.4, -0.2) is 0 Å². The minimum absolute atomic E-state index is 0.0397. The Bertz CT molecular complexity index is 526. The molecule has 18 heavy (non-hydrogen) atoms. The molecule has 0 bridgehead atoms. The molecule has 0 fully saturated rings. The second-order valence-corrected chi connectivity index (χ2v) is 6.02. The van der Waals surface area contributed by atoms with E-state index in [-0.39, 0.29) is 17.9 Å². The zero-order valence-corrected chi connectivity index (χ0v) is 11.9. The first-order chi connectivity index (χ1) is 8.58. The SMILES string of the molecule is CC(N[C@H](C)c1ccccc1F)c1ccc(Cl)s1. The maximum absolute atomic E-state index is 13.6. The minimum Gasteiger partial charge on any atom is -0.303 e. The number of thiophene rings is 1. The number of benzene rings is 1. The number of hydrogen-bond acceptors (Lipinski definition) is 2. The predicted octanol–water partition coefficient (Wildman–Crippen LogP) is 4.95. The van der Waals surface area contributed by atoms with E-state index >= 15 is 0 Å². The third kappa shape index (κ3) is 3.10. The first-order valence-electron chi connectivity index (χ1n) is 5.83. The molecule has 2 atom stereocenters. The van der Waals surface area contributed by atoms with Gasteiger partial charge in [-0.1, -0.05) is 29.8 Å². The quantitative estimate of drug-likeness (QED) is 0.837. The number of rotatable bonds is 4. The molecule has 0 amide bonds. The molecule has 0 spiro atoms. The second-order valence-electron chi connectivity index (χ2n) is 4.27. The van der Waals surface area contributed by atoms with Crippen molar-refractivity contribution < 1.29 is 4.39 Å². The first kappa shape index (κ1) is 13.5. The summed E-state index contributed by atoms with van der Waals surface area (Å²) in [5.74, 6) is -0.172. The normalized spacial score (nSPS) is 14.4. The van der Waals surface area contributed by atoms with E-state index in [0.29, 0.717) is 5.56 Å². The van der Waals surface area contributed by atoms with E-state index in [1.54, 1.807) is 23.5 Å². The smallest absolute Gasteiger partial charge is 0.127 e. The molecule has 1 nitrogen and oxygen atoms in total. The molecule has 96 valence electrons. The van der Waals surface area contributed by atoms with Crippen LogP contribution in [0.25, 0.3) is 0 Å². The Labute approximate surface area is 116 Å². The third-order valence-electron chi connectivity index (χ3n) is 2.89. The number of halogens is 2. The molecule has 0 radical (unpaired) electrons. The van der Waals surface area contributed by atoms with Crippen LogP contribution in [0.2, 0.25) is 4.34 Å². The summed E-state index contributed by atoms with van der Waals surface area (Å²) in [5, 5.41) is 3.38. The van der Waals surface area contributed by atoms with Gasteiger partial charge in [0.25, 0.3) is 0 Å². The van der Waals surface area contributed by atoms with Gasteiger partial charge in [0.05, 0.1) is 4.34 Å². The van der Waals surface area contributed by atoms with Gasteiger partial charge in [-0.25, -0.2) is 4.39 Å². The largest absolute Gasteiger partial charge is 0.303 e. The lowest BCUT2D eigenvalue weighted by molar-refractivity contribution is 0.478. The van der Waals surface area contributed by atoms with Crippen molar-refractivity contribution in [2.24, 2.45) is 0 Å². The molecular formula is C14H15ClFNS. The van der Waals surface area contributed by atoms with Crippen molar-refractivity contribution in [3.05, 3.63) is 57.0 Å². The lowest BCUT2D eigenvalue weighted by Crippen LogP contribution is -2.22. The number of nitrogens with one attached hydrogen (secondary N) is 1. The van der Waals surface area contributed by atoms with Gasteiger partial charge >= 0.3 is 0 Å².